The van der Waals surface area contributed by atoms with Crippen LogP contribution in [0.1, 0.15) is 13.8 Å². The average Bonchev–Trinajstić information content (AvgIpc) is 2.83. The van der Waals surface area contributed by atoms with Gasteiger partial charge in [-0.2, -0.15) is 4.31 Å². The fourth-order valence-corrected chi connectivity index (χ4v) is 5.28. The van der Waals surface area contributed by atoms with Crippen LogP contribution in [-0.4, -0.2) is 76.5 Å². The fraction of sp³-hybridized carbons (Fsp3) is 0.435. The van der Waals surface area contributed by atoms with Gasteiger partial charge < -0.3 is 19.9 Å². The molecule has 0 radical (unpaired) electrons. The molecule has 1 aliphatic rings. The third-order valence-electron chi connectivity index (χ3n) is 5.69. The summed E-state index contributed by atoms with van der Waals surface area (Å²) in [5.41, 5.74) is 1.73. The molecular formula is C23H32N4O4S. The highest BCUT2D eigenvalue weighted by Gasteiger charge is 2.23. The number of amides is 1. The van der Waals surface area contributed by atoms with Crippen LogP contribution >= 0.6 is 0 Å². The number of ether oxygens (including phenoxy) is 1. The summed E-state index contributed by atoms with van der Waals surface area (Å²) in [5.74, 6) is 0.819. The topological polar surface area (TPSA) is 82.2 Å². The highest BCUT2D eigenvalue weighted by molar-refractivity contribution is 7.89. The minimum absolute atomic E-state index is 0.00335. The van der Waals surface area contributed by atoms with Crippen LogP contribution in [0.3, 0.4) is 0 Å². The molecule has 1 amide bonds. The Kier molecular flexibility index (Phi) is 7.98. The Hall–Kier alpha value is -2.78. The molecule has 1 aliphatic heterocycles. The highest BCUT2D eigenvalue weighted by atomic mass is 32.2. The van der Waals surface area contributed by atoms with Gasteiger partial charge in [-0.1, -0.05) is 19.9 Å². The molecule has 1 N–H and O–H groups in total. The highest BCUT2D eigenvalue weighted by Crippen LogP contribution is 2.21. The monoisotopic (exact) mass is 460 g/mol. The zero-order valence-corrected chi connectivity index (χ0v) is 19.8. The molecule has 1 heterocycles. The molecule has 32 heavy (non-hydrogen) atoms. The number of piperazine rings is 1. The smallest absolute Gasteiger partial charge is 0.243 e. The number of carbonyl (C=O) groups is 1. The summed E-state index contributed by atoms with van der Waals surface area (Å²) in [7, 11) is -1.89. The Labute approximate surface area is 190 Å². The first-order valence-electron chi connectivity index (χ1n) is 10.9. The Bertz CT molecular complexity index is 999. The number of nitrogens with one attached hydrogen (secondary N) is 1. The van der Waals surface area contributed by atoms with Gasteiger partial charge in [0.2, 0.25) is 15.9 Å². The van der Waals surface area contributed by atoms with Crippen LogP contribution in [0.4, 0.5) is 11.4 Å². The molecule has 8 nitrogen and oxygen atoms in total. The SMILES string of the molecule is CCN(CC)S(=O)(=O)c1cccc(NCC(=O)N2CCN(c3ccc(OC)cc3)CC2)c1. The van der Waals surface area contributed by atoms with Crippen LogP contribution < -0.4 is 15.0 Å². The average molecular weight is 461 g/mol. The Balaban J connectivity index is 1.54. The molecule has 1 fully saturated rings. The number of benzene rings is 2. The van der Waals surface area contributed by atoms with Gasteiger partial charge in [0.25, 0.3) is 0 Å². The van der Waals surface area contributed by atoms with Gasteiger partial charge in [0.05, 0.1) is 18.6 Å². The molecule has 174 valence electrons. The van der Waals surface area contributed by atoms with Gasteiger partial charge in [-0.25, -0.2) is 8.42 Å². The number of rotatable bonds is 9. The van der Waals surface area contributed by atoms with Crippen LogP contribution in [-0.2, 0) is 14.8 Å². The van der Waals surface area contributed by atoms with Crippen molar-refractivity contribution >= 4 is 27.3 Å². The number of methoxy groups -OCH3 is 1. The second kappa shape index (κ2) is 10.7. The van der Waals surface area contributed by atoms with E-state index in [0.29, 0.717) is 31.9 Å². The van der Waals surface area contributed by atoms with E-state index in [4.69, 9.17) is 4.74 Å². The second-order valence-electron chi connectivity index (χ2n) is 7.54. The maximum Gasteiger partial charge on any atom is 0.243 e. The van der Waals surface area contributed by atoms with Gasteiger partial charge in [-0.3, -0.25) is 4.79 Å². The van der Waals surface area contributed by atoms with Crippen LogP contribution in [0.2, 0.25) is 0 Å². The fourth-order valence-electron chi connectivity index (χ4n) is 3.78. The van der Waals surface area contributed by atoms with E-state index in [1.807, 2.05) is 43.0 Å². The Morgan fingerprint density at radius 1 is 1.03 bits per heavy atom. The standard InChI is InChI=1S/C23H32N4O4S/c1-4-27(5-2)32(29,30)22-8-6-7-19(17-22)24-18-23(28)26-15-13-25(14-16-26)20-9-11-21(31-3)12-10-20/h6-12,17,24H,4-5,13-16,18H2,1-3H3. The minimum Gasteiger partial charge on any atom is -0.497 e. The number of nitrogens with zero attached hydrogens (tertiary/aromatic N) is 3. The van der Waals surface area contributed by atoms with Gasteiger partial charge in [0.15, 0.2) is 0 Å². The molecule has 0 spiro atoms. The van der Waals surface area contributed by atoms with Gasteiger partial charge in [-0.15, -0.1) is 0 Å². The van der Waals surface area contributed by atoms with Crippen LogP contribution in [0.5, 0.6) is 5.75 Å². The third-order valence-corrected chi connectivity index (χ3v) is 7.74. The van der Waals surface area contributed by atoms with Crippen LogP contribution in [0.25, 0.3) is 0 Å². The van der Waals surface area contributed by atoms with E-state index in [2.05, 4.69) is 10.2 Å². The van der Waals surface area contributed by atoms with E-state index in [1.165, 1.54) is 4.31 Å². The molecule has 0 atom stereocenters. The molecule has 0 aliphatic carbocycles. The lowest BCUT2D eigenvalue weighted by Gasteiger charge is -2.36. The summed E-state index contributed by atoms with van der Waals surface area (Å²) in [6.07, 6.45) is 0. The summed E-state index contributed by atoms with van der Waals surface area (Å²) >= 11 is 0. The molecule has 9 heteroatoms. The van der Waals surface area contributed by atoms with Gasteiger partial charge >= 0.3 is 0 Å². The predicted octanol–water partition coefficient (Wildman–Crippen LogP) is 2.49. The lowest BCUT2D eigenvalue weighted by atomic mass is 10.2. The van der Waals surface area contributed by atoms with Crippen molar-refractivity contribution in [2.24, 2.45) is 0 Å². The molecule has 0 aromatic heterocycles. The quantitative estimate of drug-likeness (QED) is 0.619. The molecule has 0 bridgehead atoms. The summed E-state index contributed by atoms with van der Waals surface area (Å²) < 4.78 is 32.1. The molecular weight excluding hydrogens is 428 g/mol. The van der Waals surface area contributed by atoms with Crippen molar-refractivity contribution in [3.63, 3.8) is 0 Å². The maximum absolute atomic E-state index is 12.7. The van der Waals surface area contributed by atoms with Crippen molar-refractivity contribution in [3.05, 3.63) is 48.5 Å². The number of carbonyl (C=O) groups excluding carboxylic acids is 1. The number of anilines is 2. The van der Waals surface area contributed by atoms with Crippen molar-refractivity contribution in [2.75, 3.05) is 63.1 Å². The van der Waals surface area contributed by atoms with Gasteiger partial charge in [0, 0.05) is 50.6 Å². The summed E-state index contributed by atoms with van der Waals surface area (Å²) in [6, 6.07) is 14.6. The van der Waals surface area contributed by atoms with Crippen molar-refractivity contribution in [3.8, 4) is 5.75 Å². The van der Waals surface area contributed by atoms with E-state index in [-0.39, 0.29) is 17.3 Å². The van der Waals surface area contributed by atoms with Gasteiger partial charge in [-0.05, 0) is 42.5 Å². The van der Waals surface area contributed by atoms with Crippen LogP contribution in [0, 0.1) is 0 Å². The molecule has 1 saturated heterocycles. The summed E-state index contributed by atoms with van der Waals surface area (Å²) in [6.45, 7) is 7.38. The zero-order chi connectivity index (χ0) is 23.1. The van der Waals surface area contributed by atoms with E-state index in [1.54, 1.807) is 31.4 Å². The largest absolute Gasteiger partial charge is 0.497 e. The molecule has 0 unspecified atom stereocenters. The number of hydrogen-bond acceptors (Lipinski definition) is 6. The molecule has 2 aromatic rings. The summed E-state index contributed by atoms with van der Waals surface area (Å²) in [5, 5.41) is 3.08. The molecule has 2 aromatic carbocycles. The lowest BCUT2D eigenvalue weighted by Crippen LogP contribution is -2.50. The van der Waals surface area contributed by atoms with E-state index < -0.39 is 10.0 Å². The second-order valence-corrected chi connectivity index (χ2v) is 9.47. The predicted molar refractivity (Wildman–Crippen MR) is 127 cm³/mol. The van der Waals surface area contributed by atoms with Crippen LogP contribution in [0.15, 0.2) is 53.4 Å². The first-order valence-corrected chi connectivity index (χ1v) is 12.3. The first-order chi connectivity index (χ1) is 15.4. The van der Waals surface area contributed by atoms with Gasteiger partial charge in [0.1, 0.15) is 5.75 Å². The van der Waals surface area contributed by atoms with Crippen molar-refractivity contribution < 1.29 is 17.9 Å². The lowest BCUT2D eigenvalue weighted by molar-refractivity contribution is -0.129. The third kappa shape index (κ3) is 5.52. The van der Waals surface area contributed by atoms with Crippen molar-refractivity contribution in [1.82, 2.24) is 9.21 Å². The number of sulfonamides is 1. The summed E-state index contributed by atoms with van der Waals surface area (Å²) in [4.78, 5) is 17.0. The number of hydrogen-bond donors (Lipinski definition) is 1. The van der Waals surface area contributed by atoms with E-state index >= 15 is 0 Å². The molecule has 0 saturated carbocycles. The Morgan fingerprint density at radius 3 is 2.28 bits per heavy atom. The minimum atomic E-state index is -3.54. The first kappa shape index (κ1) is 23.9. The van der Waals surface area contributed by atoms with Crippen molar-refractivity contribution in [1.29, 1.82) is 0 Å². The normalized spacial score (nSPS) is 14.5. The molecule has 3 rings (SSSR count). The maximum atomic E-state index is 12.7. The van der Waals surface area contributed by atoms with Crippen molar-refractivity contribution in [2.45, 2.75) is 18.7 Å². The van der Waals surface area contributed by atoms with E-state index in [0.717, 1.165) is 24.5 Å². The zero-order valence-electron chi connectivity index (χ0n) is 19.0. The van der Waals surface area contributed by atoms with E-state index in [9.17, 15) is 13.2 Å². The Morgan fingerprint density at radius 2 is 1.69 bits per heavy atom.